The summed E-state index contributed by atoms with van der Waals surface area (Å²) >= 11 is 0. The summed E-state index contributed by atoms with van der Waals surface area (Å²) in [6, 6.07) is 3.81. The number of aromatic nitrogens is 3. The summed E-state index contributed by atoms with van der Waals surface area (Å²) < 4.78 is 5.15. The molecule has 0 bridgehead atoms. The van der Waals surface area contributed by atoms with Gasteiger partial charge in [-0.25, -0.2) is 0 Å². The first-order valence-electron chi connectivity index (χ1n) is 4.94. The van der Waals surface area contributed by atoms with Crippen molar-refractivity contribution in [3.05, 3.63) is 29.9 Å². The number of hydrogen-bond acceptors (Lipinski definition) is 4. The Morgan fingerprint density at radius 3 is 2.73 bits per heavy atom. The number of pyridine rings is 1. The van der Waals surface area contributed by atoms with Crippen molar-refractivity contribution < 1.29 is 4.52 Å². The SMILES string of the molecule is Cc1ncccc1-c1noc(C(C)C)n1. The average molecular weight is 203 g/mol. The van der Waals surface area contributed by atoms with Crippen molar-refractivity contribution >= 4 is 0 Å². The maximum atomic E-state index is 5.15. The first kappa shape index (κ1) is 9.83. The highest BCUT2D eigenvalue weighted by molar-refractivity contribution is 5.56. The third-order valence-electron chi connectivity index (χ3n) is 2.18. The molecule has 2 rings (SSSR count). The van der Waals surface area contributed by atoms with Crippen LogP contribution in [0.25, 0.3) is 11.4 Å². The topological polar surface area (TPSA) is 51.8 Å². The lowest BCUT2D eigenvalue weighted by Gasteiger charge is -1.97. The third-order valence-corrected chi connectivity index (χ3v) is 2.18. The molecular formula is C11H13N3O. The van der Waals surface area contributed by atoms with Crippen LogP contribution in [0, 0.1) is 6.92 Å². The fraction of sp³-hybridized carbons (Fsp3) is 0.364. The zero-order valence-corrected chi connectivity index (χ0v) is 9.06. The smallest absolute Gasteiger partial charge is 0.229 e. The van der Waals surface area contributed by atoms with Crippen LogP contribution in [0.5, 0.6) is 0 Å². The zero-order valence-electron chi connectivity index (χ0n) is 9.06. The molecule has 0 aliphatic heterocycles. The monoisotopic (exact) mass is 203 g/mol. The zero-order chi connectivity index (χ0) is 10.8. The summed E-state index contributed by atoms with van der Waals surface area (Å²) in [5.74, 6) is 1.53. The van der Waals surface area contributed by atoms with E-state index in [9.17, 15) is 0 Å². The molecule has 78 valence electrons. The van der Waals surface area contributed by atoms with E-state index < -0.39 is 0 Å². The standard InChI is InChI=1S/C11H13N3O/c1-7(2)11-13-10(14-15-11)9-5-4-6-12-8(9)3/h4-7H,1-3H3. The predicted molar refractivity (Wildman–Crippen MR) is 56.4 cm³/mol. The Labute approximate surface area is 88.4 Å². The third kappa shape index (κ3) is 1.88. The van der Waals surface area contributed by atoms with E-state index in [1.165, 1.54) is 0 Å². The minimum Gasteiger partial charge on any atom is -0.339 e. The molecule has 0 aromatic carbocycles. The molecule has 4 heteroatoms. The van der Waals surface area contributed by atoms with Crippen molar-refractivity contribution in [2.75, 3.05) is 0 Å². The first-order chi connectivity index (χ1) is 7.18. The number of rotatable bonds is 2. The second-order valence-electron chi connectivity index (χ2n) is 3.75. The van der Waals surface area contributed by atoms with Gasteiger partial charge in [0.05, 0.1) is 0 Å². The lowest BCUT2D eigenvalue weighted by Crippen LogP contribution is -1.90. The maximum absolute atomic E-state index is 5.15. The van der Waals surface area contributed by atoms with Crippen LogP contribution in [-0.4, -0.2) is 15.1 Å². The van der Waals surface area contributed by atoms with E-state index in [4.69, 9.17) is 4.52 Å². The Bertz CT molecular complexity index is 462. The molecule has 4 nitrogen and oxygen atoms in total. The van der Waals surface area contributed by atoms with Crippen molar-refractivity contribution in [3.63, 3.8) is 0 Å². The van der Waals surface area contributed by atoms with Gasteiger partial charge in [0, 0.05) is 23.4 Å². The molecule has 0 radical (unpaired) electrons. The summed E-state index contributed by atoms with van der Waals surface area (Å²) in [5.41, 5.74) is 1.83. The molecule has 2 aromatic rings. The average Bonchev–Trinajstić information content (AvgIpc) is 2.67. The quantitative estimate of drug-likeness (QED) is 0.752. The van der Waals surface area contributed by atoms with E-state index in [1.807, 2.05) is 32.9 Å². The molecule has 0 spiro atoms. The maximum Gasteiger partial charge on any atom is 0.229 e. The second kappa shape index (κ2) is 3.81. The van der Waals surface area contributed by atoms with Gasteiger partial charge in [-0.3, -0.25) is 4.98 Å². The molecule has 0 atom stereocenters. The Morgan fingerprint density at radius 2 is 2.13 bits per heavy atom. The molecule has 0 saturated carbocycles. The number of aryl methyl sites for hydroxylation is 1. The lowest BCUT2D eigenvalue weighted by atomic mass is 10.2. The number of nitrogens with zero attached hydrogens (tertiary/aromatic N) is 3. The number of hydrogen-bond donors (Lipinski definition) is 0. The van der Waals surface area contributed by atoms with E-state index >= 15 is 0 Å². The van der Waals surface area contributed by atoms with Crippen LogP contribution in [0.1, 0.15) is 31.4 Å². The van der Waals surface area contributed by atoms with Crippen LogP contribution >= 0.6 is 0 Å². The molecule has 2 heterocycles. The van der Waals surface area contributed by atoms with Crippen molar-refractivity contribution in [1.82, 2.24) is 15.1 Å². The van der Waals surface area contributed by atoms with E-state index in [2.05, 4.69) is 15.1 Å². The molecule has 0 fully saturated rings. The van der Waals surface area contributed by atoms with Crippen molar-refractivity contribution in [2.45, 2.75) is 26.7 Å². The van der Waals surface area contributed by atoms with Crippen molar-refractivity contribution in [1.29, 1.82) is 0 Å². The van der Waals surface area contributed by atoms with Gasteiger partial charge in [-0.1, -0.05) is 19.0 Å². The fourth-order valence-corrected chi connectivity index (χ4v) is 1.30. The van der Waals surface area contributed by atoms with E-state index in [0.717, 1.165) is 11.3 Å². The van der Waals surface area contributed by atoms with Crippen LogP contribution in [-0.2, 0) is 0 Å². The van der Waals surface area contributed by atoms with Crippen molar-refractivity contribution in [2.24, 2.45) is 0 Å². The summed E-state index contributed by atoms with van der Waals surface area (Å²) in [6.07, 6.45) is 1.75. The summed E-state index contributed by atoms with van der Waals surface area (Å²) in [5, 5.41) is 3.94. The van der Waals surface area contributed by atoms with E-state index in [1.54, 1.807) is 6.20 Å². The highest BCUT2D eigenvalue weighted by atomic mass is 16.5. The Morgan fingerprint density at radius 1 is 1.33 bits per heavy atom. The van der Waals surface area contributed by atoms with Gasteiger partial charge >= 0.3 is 0 Å². The molecule has 0 saturated heterocycles. The Kier molecular flexibility index (Phi) is 2.49. The minimum absolute atomic E-state index is 0.253. The second-order valence-corrected chi connectivity index (χ2v) is 3.75. The Balaban J connectivity index is 2.42. The van der Waals surface area contributed by atoms with Crippen LogP contribution in [0.4, 0.5) is 0 Å². The summed E-state index contributed by atoms with van der Waals surface area (Å²) in [7, 11) is 0. The van der Waals surface area contributed by atoms with Crippen molar-refractivity contribution in [3.8, 4) is 11.4 Å². The molecule has 0 aliphatic rings. The molecule has 0 unspecified atom stereocenters. The van der Waals surface area contributed by atoms with Crippen LogP contribution in [0.3, 0.4) is 0 Å². The minimum atomic E-state index is 0.253. The molecular weight excluding hydrogens is 190 g/mol. The summed E-state index contributed by atoms with van der Waals surface area (Å²) in [4.78, 5) is 8.51. The van der Waals surface area contributed by atoms with Gasteiger partial charge in [0.15, 0.2) is 0 Å². The van der Waals surface area contributed by atoms with Crippen LogP contribution in [0.15, 0.2) is 22.9 Å². The van der Waals surface area contributed by atoms with Gasteiger partial charge in [-0.2, -0.15) is 4.98 Å². The summed E-state index contributed by atoms with van der Waals surface area (Å²) in [6.45, 7) is 5.97. The highest BCUT2D eigenvalue weighted by Gasteiger charge is 2.12. The lowest BCUT2D eigenvalue weighted by molar-refractivity contribution is 0.365. The van der Waals surface area contributed by atoms with Gasteiger partial charge in [-0.05, 0) is 19.1 Å². The molecule has 2 aromatic heterocycles. The largest absolute Gasteiger partial charge is 0.339 e. The van der Waals surface area contributed by atoms with Gasteiger partial charge in [-0.15, -0.1) is 0 Å². The highest BCUT2D eigenvalue weighted by Crippen LogP contribution is 2.20. The molecule has 15 heavy (non-hydrogen) atoms. The van der Waals surface area contributed by atoms with E-state index in [0.29, 0.717) is 11.7 Å². The van der Waals surface area contributed by atoms with E-state index in [-0.39, 0.29) is 5.92 Å². The predicted octanol–water partition coefficient (Wildman–Crippen LogP) is 2.56. The normalized spacial score (nSPS) is 10.9. The van der Waals surface area contributed by atoms with Gasteiger partial charge < -0.3 is 4.52 Å². The molecule has 0 N–H and O–H groups in total. The van der Waals surface area contributed by atoms with Crippen LogP contribution in [0.2, 0.25) is 0 Å². The first-order valence-corrected chi connectivity index (χ1v) is 4.94. The molecule has 0 aliphatic carbocycles. The van der Waals surface area contributed by atoms with Crippen LogP contribution < -0.4 is 0 Å². The Hall–Kier alpha value is -1.71. The fourth-order valence-electron chi connectivity index (χ4n) is 1.30. The van der Waals surface area contributed by atoms with Gasteiger partial charge in [0.1, 0.15) is 0 Å². The molecule has 0 amide bonds. The van der Waals surface area contributed by atoms with Gasteiger partial charge in [0.25, 0.3) is 0 Å². The van der Waals surface area contributed by atoms with Gasteiger partial charge in [0.2, 0.25) is 11.7 Å².